The fourth-order valence-electron chi connectivity index (χ4n) is 2.94. The first kappa shape index (κ1) is 16.0. The number of aliphatic carboxylic acids is 1. The number of rotatable bonds is 4. The summed E-state index contributed by atoms with van der Waals surface area (Å²) < 4.78 is 27.5. The molecule has 1 aromatic carbocycles. The summed E-state index contributed by atoms with van der Waals surface area (Å²) in [6.07, 6.45) is 2.69. The zero-order chi connectivity index (χ0) is 15.7. The molecule has 116 valence electrons. The number of benzene rings is 1. The van der Waals surface area contributed by atoms with Crippen LogP contribution in [0.2, 0.25) is 0 Å². The standard InChI is InChI=1S/C15H21NO4S/c1-11-6-5-8-13(10-11)21(19,20)16-15(14(17)18)9-4-3-7-12(15)2/h5-6,8,10,12,16H,3-4,7,9H2,1-2H3,(H,17,18). The highest BCUT2D eigenvalue weighted by molar-refractivity contribution is 7.89. The van der Waals surface area contributed by atoms with Crippen molar-refractivity contribution in [2.24, 2.45) is 5.92 Å². The Balaban J connectivity index is 2.39. The highest BCUT2D eigenvalue weighted by atomic mass is 32.2. The normalized spacial score (nSPS) is 26.5. The van der Waals surface area contributed by atoms with Gasteiger partial charge in [-0.2, -0.15) is 4.72 Å². The molecule has 1 aliphatic carbocycles. The lowest BCUT2D eigenvalue weighted by molar-refractivity contribution is -0.147. The molecule has 0 saturated heterocycles. The van der Waals surface area contributed by atoms with E-state index in [1.54, 1.807) is 32.0 Å². The van der Waals surface area contributed by atoms with Crippen molar-refractivity contribution in [3.05, 3.63) is 29.8 Å². The first-order chi connectivity index (χ1) is 9.78. The van der Waals surface area contributed by atoms with Crippen molar-refractivity contribution in [1.82, 2.24) is 4.72 Å². The molecule has 1 saturated carbocycles. The maximum Gasteiger partial charge on any atom is 0.325 e. The minimum absolute atomic E-state index is 0.112. The number of carbonyl (C=O) groups is 1. The summed E-state index contributed by atoms with van der Waals surface area (Å²) in [7, 11) is -3.85. The molecule has 0 spiro atoms. The van der Waals surface area contributed by atoms with E-state index in [1.165, 1.54) is 6.07 Å². The lowest BCUT2D eigenvalue weighted by atomic mass is 9.74. The monoisotopic (exact) mass is 311 g/mol. The van der Waals surface area contributed by atoms with Gasteiger partial charge in [-0.25, -0.2) is 8.42 Å². The minimum Gasteiger partial charge on any atom is -0.480 e. The van der Waals surface area contributed by atoms with Crippen LogP contribution in [-0.4, -0.2) is 25.0 Å². The summed E-state index contributed by atoms with van der Waals surface area (Å²) in [5.41, 5.74) is -0.583. The Labute approximate surface area is 125 Å². The van der Waals surface area contributed by atoms with Gasteiger partial charge in [-0.05, 0) is 43.4 Å². The van der Waals surface area contributed by atoms with Gasteiger partial charge in [0.2, 0.25) is 10.0 Å². The second-order valence-electron chi connectivity index (χ2n) is 5.85. The van der Waals surface area contributed by atoms with Gasteiger partial charge in [-0.15, -0.1) is 0 Å². The maximum absolute atomic E-state index is 12.5. The largest absolute Gasteiger partial charge is 0.480 e. The maximum atomic E-state index is 12.5. The van der Waals surface area contributed by atoms with E-state index < -0.39 is 21.5 Å². The smallest absolute Gasteiger partial charge is 0.325 e. The van der Waals surface area contributed by atoms with E-state index in [9.17, 15) is 18.3 Å². The molecule has 0 heterocycles. The molecule has 0 aliphatic heterocycles. The molecule has 0 bridgehead atoms. The third kappa shape index (κ3) is 3.11. The van der Waals surface area contributed by atoms with Gasteiger partial charge in [-0.3, -0.25) is 4.79 Å². The molecule has 6 heteroatoms. The van der Waals surface area contributed by atoms with Crippen LogP contribution in [0.3, 0.4) is 0 Å². The molecule has 1 fully saturated rings. The predicted octanol–water partition coefficient (Wildman–Crippen LogP) is 2.31. The second-order valence-corrected chi connectivity index (χ2v) is 7.53. The van der Waals surface area contributed by atoms with Crippen LogP contribution in [0.25, 0.3) is 0 Å². The van der Waals surface area contributed by atoms with Crippen LogP contribution < -0.4 is 4.72 Å². The van der Waals surface area contributed by atoms with Gasteiger partial charge >= 0.3 is 5.97 Å². The van der Waals surface area contributed by atoms with Crippen LogP contribution in [-0.2, 0) is 14.8 Å². The molecule has 2 atom stereocenters. The zero-order valence-electron chi connectivity index (χ0n) is 12.3. The number of carboxylic acids is 1. The van der Waals surface area contributed by atoms with E-state index in [1.807, 2.05) is 0 Å². The lowest BCUT2D eigenvalue weighted by Crippen LogP contribution is -2.59. The molecular formula is C15H21NO4S. The van der Waals surface area contributed by atoms with Crippen LogP contribution in [0.4, 0.5) is 0 Å². The Hall–Kier alpha value is -1.40. The van der Waals surface area contributed by atoms with Crippen LogP contribution in [0.15, 0.2) is 29.2 Å². The quantitative estimate of drug-likeness (QED) is 0.893. The van der Waals surface area contributed by atoms with Crippen molar-refractivity contribution in [1.29, 1.82) is 0 Å². The Morgan fingerprint density at radius 1 is 1.38 bits per heavy atom. The lowest BCUT2D eigenvalue weighted by Gasteiger charge is -2.39. The molecule has 21 heavy (non-hydrogen) atoms. The van der Waals surface area contributed by atoms with E-state index in [-0.39, 0.29) is 10.8 Å². The van der Waals surface area contributed by atoms with E-state index >= 15 is 0 Å². The number of carboxylic acid groups (broad SMARTS) is 1. The summed E-state index contributed by atoms with van der Waals surface area (Å²) >= 11 is 0. The van der Waals surface area contributed by atoms with Crippen LogP contribution >= 0.6 is 0 Å². The van der Waals surface area contributed by atoms with Gasteiger partial charge in [0.25, 0.3) is 0 Å². The van der Waals surface area contributed by atoms with Crippen molar-refractivity contribution in [3.63, 3.8) is 0 Å². The highest BCUT2D eigenvalue weighted by Crippen LogP contribution is 2.35. The second kappa shape index (κ2) is 5.77. The number of hydrogen-bond donors (Lipinski definition) is 2. The van der Waals surface area contributed by atoms with Gasteiger partial charge in [0.15, 0.2) is 0 Å². The Kier molecular flexibility index (Phi) is 4.39. The van der Waals surface area contributed by atoms with Gasteiger partial charge < -0.3 is 5.11 Å². The molecule has 0 amide bonds. The average Bonchev–Trinajstić information content (AvgIpc) is 2.41. The van der Waals surface area contributed by atoms with Crippen molar-refractivity contribution in [2.75, 3.05) is 0 Å². The van der Waals surface area contributed by atoms with E-state index in [4.69, 9.17) is 0 Å². The van der Waals surface area contributed by atoms with Crippen molar-refractivity contribution < 1.29 is 18.3 Å². The Bertz CT molecular complexity index is 641. The number of nitrogens with one attached hydrogen (secondary N) is 1. The molecule has 1 aromatic rings. The highest BCUT2D eigenvalue weighted by Gasteiger charge is 2.48. The minimum atomic E-state index is -3.85. The molecular weight excluding hydrogens is 290 g/mol. The SMILES string of the molecule is Cc1cccc(S(=O)(=O)NC2(C(=O)O)CCCCC2C)c1. The van der Waals surface area contributed by atoms with Gasteiger partial charge in [0.05, 0.1) is 4.90 Å². The van der Waals surface area contributed by atoms with Crippen LogP contribution in [0.1, 0.15) is 38.2 Å². The molecule has 1 aliphatic rings. The summed E-state index contributed by atoms with van der Waals surface area (Å²) in [5, 5.41) is 9.60. The zero-order valence-corrected chi connectivity index (χ0v) is 13.1. The average molecular weight is 311 g/mol. The number of sulfonamides is 1. The van der Waals surface area contributed by atoms with Gasteiger partial charge in [-0.1, -0.05) is 31.9 Å². The van der Waals surface area contributed by atoms with Crippen molar-refractivity contribution in [3.8, 4) is 0 Å². The first-order valence-electron chi connectivity index (χ1n) is 7.12. The number of hydrogen-bond acceptors (Lipinski definition) is 3. The molecule has 2 N–H and O–H groups in total. The molecule has 2 unspecified atom stereocenters. The molecule has 0 radical (unpaired) electrons. The molecule has 2 rings (SSSR count). The van der Waals surface area contributed by atoms with E-state index in [2.05, 4.69) is 4.72 Å². The van der Waals surface area contributed by atoms with Crippen molar-refractivity contribution in [2.45, 2.75) is 50.0 Å². The summed E-state index contributed by atoms with van der Waals surface area (Å²) in [6, 6.07) is 6.49. The summed E-state index contributed by atoms with van der Waals surface area (Å²) in [6.45, 7) is 3.60. The summed E-state index contributed by atoms with van der Waals surface area (Å²) in [4.78, 5) is 11.8. The molecule has 0 aromatic heterocycles. The third-order valence-electron chi connectivity index (χ3n) is 4.30. The fourth-order valence-corrected chi connectivity index (χ4v) is 4.53. The Morgan fingerprint density at radius 3 is 2.67 bits per heavy atom. The van der Waals surface area contributed by atoms with E-state index in [0.717, 1.165) is 12.0 Å². The van der Waals surface area contributed by atoms with Crippen molar-refractivity contribution >= 4 is 16.0 Å². The third-order valence-corrected chi connectivity index (χ3v) is 5.80. The topological polar surface area (TPSA) is 83.5 Å². The first-order valence-corrected chi connectivity index (χ1v) is 8.60. The predicted molar refractivity (Wildman–Crippen MR) is 79.5 cm³/mol. The van der Waals surface area contributed by atoms with Crippen LogP contribution in [0.5, 0.6) is 0 Å². The fraction of sp³-hybridized carbons (Fsp3) is 0.533. The molecule has 5 nitrogen and oxygen atoms in total. The number of aryl methyl sites for hydroxylation is 1. The van der Waals surface area contributed by atoms with Gasteiger partial charge in [0.1, 0.15) is 5.54 Å². The Morgan fingerprint density at radius 2 is 2.10 bits per heavy atom. The van der Waals surface area contributed by atoms with Crippen LogP contribution in [0, 0.1) is 12.8 Å². The van der Waals surface area contributed by atoms with Gasteiger partial charge in [0, 0.05) is 0 Å². The van der Waals surface area contributed by atoms with E-state index in [0.29, 0.717) is 19.3 Å². The summed E-state index contributed by atoms with van der Waals surface area (Å²) in [5.74, 6) is -1.32.